The normalized spacial score (nSPS) is 15.5. The largest absolute Gasteiger partial charge is 0.490 e. The fraction of sp³-hybridized carbons (Fsp3) is 0.350. The highest BCUT2D eigenvalue weighted by molar-refractivity contribution is 5.73. The van der Waals surface area contributed by atoms with Gasteiger partial charge in [-0.25, -0.2) is 0 Å². The summed E-state index contributed by atoms with van der Waals surface area (Å²) in [6.45, 7) is 1.20. The molecule has 0 aliphatic carbocycles. The summed E-state index contributed by atoms with van der Waals surface area (Å²) in [6.07, 6.45) is -3.16. The second-order valence-electron chi connectivity index (χ2n) is 6.44. The van der Waals surface area contributed by atoms with E-state index in [0.717, 1.165) is 25.0 Å². The standard InChI is InChI=1S/C20H19F3O4/c21-20(22,23)16-3-1-14(2-4-16)15-9-13(11-19(24)25)10-18(12-15)27-17-5-7-26-8-6-17/h1-4,9-10,12,17H,5-8,11H2,(H,24,25). The lowest BCUT2D eigenvalue weighted by Gasteiger charge is -2.24. The van der Waals surface area contributed by atoms with Crippen molar-refractivity contribution in [3.05, 3.63) is 53.6 Å². The van der Waals surface area contributed by atoms with Crippen molar-refractivity contribution in [2.24, 2.45) is 0 Å². The highest BCUT2D eigenvalue weighted by atomic mass is 19.4. The molecule has 1 fully saturated rings. The van der Waals surface area contributed by atoms with Gasteiger partial charge >= 0.3 is 12.1 Å². The Balaban J connectivity index is 1.90. The second kappa shape index (κ2) is 8.00. The van der Waals surface area contributed by atoms with Crippen LogP contribution >= 0.6 is 0 Å². The van der Waals surface area contributed by atoms with Crippen LogP contribution in [0.3, 0.4) is 0 Å². The first-order valence-corrected chi connectivity index (χ1v) is 8.59. The van der Waals surface area contributed by atoms with Crippen LogP contribution in [-0.4, -0.2) is 30.4 Å². The number of alkyl halides is 3. The summed E-state index contributed by atoms with van der Waals surface area (Å²) >= 11 is 0. The van der Waals surface area contributed by atoms with Crippen molar-refractivity contribution in [3.63, 3.8) is 0 Å². The molecule has 0 atom stereocenters. The molecule has 1 aliphatic heterocycles. The summed E-state index contributed by atoms with van der Waals surface area (Å²) in [7, 11) is 0. The third-order valence-electron chi connectivity index (χ3n) is 4.34. The molecule has 0 spiro atoms. The van der Waals surface area contributed by atoms with Crippen LogP contribution < -0.4 is 4.74 Å². The van der Waals surface area contributed by atoms with E-state index in [4.69, 9.17) is 14.6 Å². The zero-order chi connectivity index (χ0) is 19.4. The number of hydrogen-bond acceptors (Lipinski definition) is 3. The summed E-state index contributed by atoms with van der Waals surface area (Å²) in [5.74, 6) is -0.480. The lowest BCUT2D eigenvalue weighted by Crippen LogP contribution is -2.25. The Morgan fingerprint density at radius 1 is 1.07 bits per heavy atom. The summed E-state index contributed by atoms with van der Waals surface area (Å²) < 4.78 is 49.5. The molecule has 2 aromatic carbocycles. The van der Waals surface area contributed by atoms with Gasteiger partial charge in [-0.15, -0.1) is 0 Å². The maximum atomic E-state index is 12.8. The van der Waals surface area contributed by atoms with Crippen molar-refractivity contribution in [3.8, 4) is 16.9 Å². The lowest BCUT2D eigenvalue weighted by molar-refractivity contribution is -0.138. The Labute approximate surface area is 154 Å². The maximum absolute atomic E-state index is 12.8. The first kappa shape index (κ1) is 19.2. The third-order valence-corrected chi connectivity index (χ3v) is 4.34. The Morgan fingerprint density at radius 3 is 2.33 bits per heavy atom. The van der Waals surface area contributed by atoms with Crippen LogP contribution in [0.2, 0.25) is 0 Å². The molecule has 1 aliphatic rings. The summed E-state index contributed by atoms with van der Waals surface area (Å²) in [6, 6.07) is 9.83. The Hall–Kier alpha value is -2.54. The van der Waals surface area contributed by atoms with Crippen LogP contribution in [-0.2, 0) is 22.1 Å². The zero-order valence-electron chi connectivity index (χ0n) is 14.5. The van der Waals surface area contributed by atoms with Crippen LogP contribution in [0.4, 0.5) is 13.2 Å². The zero-order valence-corrected chi connectivity index (χ0v) is 14.5. The smallest absolute Gasteiger partial charge is 0.416 e. The second-order valence-corrected chi connectivity index (χ2v) is 6.44. The van der Waals surface area contributed by atoms with Gasteiger partial charge in [0, 0.05) is 12.8 Å². The van der Waals surface area contributed by atoms with Crippen molar-refractivity contribution in [2.75, 3.05) is 13.2 Å². The van der Waals surface area contributed by atoms with Gasteiger partial charge < -0.3 is 14.6 Å². The molecular weight excluding hydrogens is 361 g/mol. The Kier molecular flexibility index (Phi) is 5.70. The first-order valence-electron chi connectivity index (χ1n) is 8.59. The van der Waals surface area contributed by atoms with Gasteiger partial charge in [-0.05, 0) is 41.0 Å². The average molecular weight is 380 g/mol. The van der Waals surface area contributed by atoms with Crippen molar-refractivity contribution >= 4 is 5.97 Å². The van der Waals surface area contributed by atoms with Crippen molar-refractivity contribution in [2.45, 2.75) is 31.5 Å². The molecule has 1 N–H and O–H groups in total. The number of rotatable bonds is 5. The topological polar surface area (TPSA) is 55.8 Å². The molecule has 0 radical (unpaired) electrons. The first-order chi connectivity index (χ1) is 12.8. The number of carboxylic acid groups (broad SMARTS) is 1. The van der Waals surface area contributed by atoms with Crippen LogP contribution in [0.15, 0.2) is 42.5 Å². The number of carbonyl (C=O) groups is 1. The van der Waals surface area contributed by atoms with Crippen LogP contribution in [0, 0.1) is 0 Å². The van der Waals surface area contributed by atoms with E-state index in [2.05, 4.69) is 0 Å². The highest BCUT2D eigenvalue weighted by Gasteiger charge is 2.30. The fourth-order valence-electron chi connectivity index (χ4n) is 3.01. The van der Waals surface area contributed by atoms with Crippen molar-refractivity contribution in [1.29, 1.82) is 0 Å². The molecule has 144 valence electrons. The quantitative estimate of drug-likeness (QED) is 0.826. The minimum atomic E-state index is -4.40. The predicted molar refractivity (Wildman–Crippen MR) is 92.7 cm³/mol. The molecule has 0 aromatic heterocycles. The number of halogens is 3. The summed E-state index contributed by atoms with van der Waals surface area (Å²) in [5.41, 5.74) is 0.977. The number of carboxylic acids is 1. The molecule has 3 rings (SSSR count). The van der Waals surface area contributed by atoms with E-state index >= 15 is 0 Å². The molecule has 0 saturated carbocycles. The van der Waals surface area contributed by atoms with Gasteiger partial charge in [0.15, 0.2) is 0 Å². The SMILES string of the molecule is O=C(O)Cc1cc(OC2CCOCC2)cc(-c2ccc(C(F)(F)F)cc2)c1. The number of ether oxygens (including phenoxy) is 2. The number of aliphatic carboxylic acids is 1. The predicted octanol–water partition coefficient (Wildman–Crippen LogP) is 4.56. The van der Waals surface area contributed by atoms with E-state index in [9.17, 15) is 18.0 Å². The third kappa shape index (κ3) is 5.23. The van der Waals surface area contributed by atoms with Gasteiger partial charge in [-0.3, -0.25) is 4.79 Å². The maximum Gasteiger partial charge on any atom is 0.416 e. The van der Waals surface area contributed by atoms with Crippen LogP contribution in [0.25, 0.3) is 11.1 Å². The van der Waals surface area contributed by atoms with Gasteiger partial charge in [0.05, 0.1) is 25.2 Å². The molecule has 1 heterocycles. The fourth-order valence-corrected chi connectivity index (χ4v) is 3.01. The Morgan fingerprint density at radius 2 is 1.74 bits per heavy atom. The highest BCUT2D eigenvalue weighted by Crippen LogP contribution is 2.33. The monoisotopic (exact) mass is 380 g/mol. The molecule has 7 heteroatoms. The van der Waals surface area contributed by atoms with Crippen molar-refractivity contribution < 1.29 is 32.5 Å². The molecule has 0 bridgehead atoms. The lowest BCUT2D eigenvalue weighted by atomic mass is 10.00. The van der Waals surface area contributed by atoms with E-state index in [1.807, 2.05) is 0 Å². The number of hydrogen-bond donors (Lipinski definition) is 1. The Bertz CT molecular complexity index is 794. The minimum absolute atomic E-state index is 0.0284. The average Bonchev–Trinajstić information content (AvgIpc) is 2.61. The summed E-state index contributed by atoms with van der Waals surface area (Å²) in [5, 5.41) is 9.08. The van der Waals surface area contributed by atoms with Gasteiger partial charge in [0.2, 0.25) is 0 Å². The number of benzene rings is 2. The van der Waals surface area contributed by atoms with Crippen LogP contribution in [0.5, 0.6) is 5.75 Å². The van der Waals surface area contributed by atoms with Gasteiger partial charge in [0.25, 0.3) is 0 Å². The van der Waals surface area contributed by atoms with E-state index in [0.29, 0.717) is 35.7 Å². The molecule has 2 aromatic rings. The van der Waals surface area contributed by atoms with Gasteiger partial charge in [-0.1, -0.05) is 18.2 Å². The molecule has 0 amide bonds. The van der Waals surface area contributed by atoms with Crippen molar-refractivity contribution in [1.82, 2.24) is 0 Å². The molecule has 0 unspecified atom stereocenters. The van der Waals surface area contributed by atoms with Gasteiger partial charge in [0.1, 0.15) is 11.9 Å². The van der Waals surface area contributed by atoms with E-state index < -0.39 is 17.7 Å². The van der Waals surface area contributed by atoms with E-state index in [1.165, 1.54) is 12.1 Å². The molecule has 4 nitrogen and oxygen atoms in total. The molecule has 1 saturated heterocycles. The summed E-state index contributed by atoms with van der Waals surface area (Å²) in [4.78, 5) is 11.1. The van der Waals surface area contributed by atoms with Gasteiger partial charge in [-0.2, -0.15) is 13.2 Å². The minimum Gasteiger partial charge on any atom is -0.490 e. The molecule has 27 heavy (non-hydrogen) atoms. The van der Waals surface area contributed by atoms with E-state index in [1.54, 1.807) is 18.2 Å². The molecular formula is C20H19F3O4. The van der Waals surface area contributed by atoms with Crippen LogP contribution in [0.1, 0.15) is 24.0 Å². The van der Waals surface area contributed by atoms with E-state index in [-0.39, 0.29) is 12.5 Å².